The summed E-state index contributed by atoms with van der Waals surface area (Å²) in [5.41, 5.74) is 2.22. The van der Waals surface area contributed by atoms with Gasteiger partial charge < -0.3 is 5.32 Å². The highest BCUT2D eigenvalue weighted by Gasteiger charge is 2.14. The summed E-state index contributed by atoms with van der Waals surface area (Å²) in [5, 5.41) is 8.01. The lowest BCUT2D eigenvalue weighted by Crippen LogP contribution is -2.19. The van der Waals surface area contributed by atoms with E-state index >= 15 is 0 Å². The van der Waals surface area contributed by atoms with Gasteiger partial charge in [0.05, 0.1) is 20.2 Å². The van der Waals surface area contributed by atoms with Crippen LogP contribution < -0.4 is 5.32 Å². The Morgan fingerprint density at radius 1 is 1.53 bits per heavy atom. The summed E-state index contributed by atoms with van der Waals surface area (Å²) in [6.45, 7) is 7.93. The smallest absolute Gasteiger partial charge is 0.0931 e. The highest BCUT2D eigenvalue weighted by atomic mass is 79.9. The van der Waals surface area contributed by atoms with Gasteiger partial charge >= 0.3 is 0 Å². The van der Waals surface area contributed by atoms with Crippen LogP contribution in [0.3, 0.4) is 0 Å². The zero-order chi connectivity index (χ0) is 14.0. The van der Waals surface area contributed by atoms with Crippen molar-refractivity contribution < 1.29 is 0 Å². The third-order valence-corrected chi connectivity index (χ3v) is 5.49. The molecule has 2 heterocycles. The second-order valence-corrected chi connectivity index (χ2v) is 6.95. The SMILES string of the molecule is CCn1nc(C)c(Br)c1CNC(C)c1ccc(Cl)s1. The molecular weight excluding hydrogens is 346 g/mol. The minimum Gasteiger partial charge on any atom is -0.304 e. The Morgan fingerprint density at radius 2 is 2.26 bits per heavy atom. The number of thiophene rings is 1. The molecule has 0 bridgehead atoms. The Labute approximate surface area is 131 Å². The van der Waals surface area contributed by atoms with Gasteiger partial charge in [0.2, 0.25) is 0 Å². The molecule has 1 unspecified atom stereocenters. The van der Waals surface area contributed by atoms with Gasteiger partial charge in [-0.3, -0.25) is 4.68 Å². The topological polar surface area (TPSA) is 29.9 Å². The average molecular weight is 363 g/mol. The average Bonchev–Trinajstić information content (AvgIpc) is 2.93. The first kappa shape index (κ1) is 15.0. The number of aromatic nitrogens is 2. The summed E-state index contributed by atoms with van der Waals surface area (Å²) in [4.78, 5) is 1.25. The Hall–Kier alpha value is -0.360. The summed E-state index contributed by atoms with van der Waals surface area (Å²) < 4.78 is 3.96. The monoisotopic (exact) mass is 361 g/mol. The van der Waals surface area contributed by atoms with Gasteiger partial charge in [0.15, 0.2) is 0 Å². The molecule has 2 aromatic heterocycles. The maximum absolute atomic E-state index is 5.97. The van der Waals surface area contributed by atoms with Gasteiger partial charge in [0.25, 0.3) is 0 Å². The van der Waals surface area contributed by atoms with Crippen LogP contribution in [0.2, 0.25) is 4.34 Å². The Morgan fingerprint density at radius 3 is 2.84 bits per heavy atom. The number of hydrogen-bond acceptors (Lipinski definition) is 3. The van der Waals surface area contributed by atoms with Gasteiger partial charge in [-0.15, -0.1) is 11.3 Å². The van der Waals surface area contributed by atoms with Gasteiger partial charge in [-0.1, -0.05) is 11.6 Å². The molecule has 0 radical (unpaired) electrons. The van der Waals surface area contributed by atoms with Crippen molar-refractivity contribution in [2.24, 2.45) is 0 Å². The Bertz CT molecular complexity index is 564. The van der Waals surface area contributed by atoms with Crippen LogP contribution in [0.15, 0.2) is 16.6 Å². The molecule has 0 saturated heterocycles. The van der Waals surface area contributed by atoms with Crippen LogP contribution in [-0.2, 0) is 13.1 Å². The highest BCUT2D eigenvalue weighted by molar-refractivity contribution is 9.10. The summed E-state index contributed by atoms with van der Waals surface area (Å²) in [5.74, 6) is 0. The molecular formula is C13H17BrClN3S. The molecule has 1 atom stereocenters. The van der Waals surface area contributed by atoms with E-state index in [-0.39, 0.29) is 6.04 Å². The molecule has 0 aliphatic heterocycles. The number of nitrogens with one attached hydrogen (secondary N) is 1. The normalized spacial score (nSPS) is 12.9. The Balaban J connectivity index is 2.06. The summed E-state index contributed by atoms with van der Waals surface area (Å²) in [6.07, 6.45) is 0. The third kappa shape index (κ3) is 3.40. The van der Waals surface area contributed by atoms with E-state index in [2.05, 4.69) is 46.3 Å². The van der Waals surface area contributed by atoms with E-state index in [1.165, 1.54) is 10.6 Å². The number of hydrogen-bond donors (Lipinski definition) is 1. The molecule has 2 aromatic rings. The summed E-state index contributed by atoms with van der Waals surface area (Å²) in [6, 6.07) is 4.29. The van der Waals surface area contributed by atoms with Crippen LogP contribution in [-0.4, -0.2) is 9.78 Å². The van der Waals surface area contributed by atoms with Gasteiger partial charge in [0, 0.05) is 24.0 Å². The van der Waals surface area contributed by atoms with Crippen molar-refractivity contribution >= 4 is 38.9 Å². The van der Waals surface area contributed by atoms with Crippen LogP contribution in [0.1, 0.15) is 36.2 Å². The highest BCUT2D eigenvalue weighted by Crippen LogP contribution is 2.27. The zero-order valence-electron chi connectivity index (χ0n) is 11.2. The van der Waals surface area contributed by atoms with E-state index in [0.717, 1.165) is 27.6 Å². The molecule has 2 rings (SSSR count). The van der Waals surface area contributed by atoms with E-state index < -0.39 is 0 Å². The van der Waals surface area contributed by atoms with E-state index in [1.54, 1.807) is 11.3 Å². The van der Waals surface area contributed by atoms with Gasteiger partial charge in [-0.25, -0.2) is 0 Å². The molecule has 19 heavy (non-hydrogen) atoms. The number of aryl methyl sites for hydroxylation is 2. The third-order valence-electron chi connectivity index (χ3n) is 3.05. The first-order valence-electron chi connectivity index (χ1n) is 6.23. The largest absolute Gasteiger partial charge is 0.304 e. The molecule has 6 heteroatoms. The van der Waals surface area contributed by atoms with Crippen molar-refractivity contribution in [1.29, 1.82) is 0 Å². The number of nitrogens with zero attached hydrogens (tertiary/aromatic N) is 2. The van der Waals surface area contributed by atoms with Crippen molar-refractivity contribution in [3.63, 3.8) is 0 Å². The molecule has 0 saturated carbocycles. The summed E-state index contributed by atoms with van der Waals surface area (Å²) >= 11 is 11.2. The van der Waals surface area contributed by atoms with Crippen molar-refractivity contribution in [1.82, 2.24) is 15.1 Å². The van der Waals surface area contributed by atoms with E-state index in [1.807, 2.05) is 17.7 Å². The maximum atomic E-state index is 5.97. The summed E-state index contributed by atoms with van der Waals surface area (Å²) in [7, 11) is 0. The van der Waals surface area contributed by atoms with Gasteiger partial charge in [-0.05, 0) is 48.8 Å². The fraction of sp³-hybridized carbons (Fsp3) is 0.462. The first-order chi connectivity index (χ1) is 9.02. The number of halogens is 2. The quantitative estimate of drug-likeness (QED) is 0.846. The molecule has 0 aromatic carbocycles. The molecule has 0 fully saturated rings. The fourth-order valence-corrected chi connectivity index (χ4v) is 3.46. The maximum Gasteiger partial charge on any atom is 0.0931 e. The second-order valence-electron chi connectivity index (χ2n) is 4.41. The zero-order valence-corrected chi connectivity index (χ0v) is 14.4. The van der Waals surface area contributed by atoms with E-state index in [9.17, 15) is 0 Å². The molecule has 1 N–H and O–H groups in total. The molecule has 0 amide bonds. The Kier molecular flexibility index (Phi) is 5.06. The predicted molar refractivity (Wildman–Crippen MR) is 84.9 cm³/mol. The van der Waals surface area contributed by atoms with Crippen LogP contribution >= 0.6 is 38.9 Å². The van der Waals surface area contributed by atoms with E-state index in [0.29, 0.717) is 0 Å². The van der Waals surface area contributed by atoms with Crippen molar-refractivity contribution in [3.05, 3.63) is 37.2 Å². The lowest BCUT2D eigenvalue weighted by Gasteiger charge is -2.13. The minimum absolute atomic E-state index is 0.282. The molecule has 3 nitrogen and oxygen atoms in total. The standard InChI is InChI=1S/C13H17BrClN3S/c1-4-18-10(13(14)9(3)17-18)7-16-8(2)11-5-6-12(15)19-11/h5-6,8,16H,4,7H2,1-3H3. The number of rotatable bonds is 5. The van der Waals surface area contributed by atoms with Crippen LogP contribution in [0.4, 0.5) is 0 Å². The van der Waals surface area contributed by atoms with Crippen molar-refractivity contribution in [3.8, 4) is 0 Å². The van der Waals surface area contributed by atoms with Gasteiger partial charge in [0.1, 0.15) is 0 Å². The molecule has 0 aliphatic rings. The van der Waals surface area contributed by atoms with Gasteiger partial charge in [-0.2, -0.15) is 5.10 Å². The molecule has 0 aliphatic carbocycles. The molecule has 0 spiro atoms. The van der Waals surface area contributed by atoms with Crippen LogP contribution in [0.5, 0.6) is 0 Å². The van der Waals surface area contributed by atoms with E-state index in [4.69, 9.17) is 11.6 Å². The van der Waals surface area contributed by atoms with Crippen molar-refractivity contribution in [2.45, 2.75) is 39.9 Å². The van der Waals surface area contributed by atoms with Crippen LogP contribution in [0, 0.1) is 6.92 Å². The molecule has 104 valence electrons. The second kappa shape index (κ2) is 6.39. The lowest BCUT2D eigenvalue weighted by molar-refractivity contribution is 0.534. The predicted octanol–water partition coefficient (Wildman–Crippen LogP) is 4.54. The van der Waals surface area contributed by atoms with Crippen molar-refractivity contribution in [2.75, 3.05) is 0 Å². The van der Waals surface area contributed by atoms with Crippen LogP contribution in [0.25, 0.3) is 0 Å². The lowest BCUT2D eigenvalue weighted by atomic mass is 10.2. The fourth-order valence-electron chi connectivity index (χ4n) is 1.95. The minimum atomic E-state index is 0.282. The first-order valence-corrected chi connectivity index (χ1v) is 8.22.